The van der Waals surface area contributed by atoms with Crippen LogP contribution in [-0.4, -0.2) is 23.3 Å². The molecule has 0 radical (unpaired) electrons. The zero-order valence-electron chi connectivity index (χ0n) is 13.0. The van der Waals surface area contributed by atoms with Gasteiger partial charge in [-0.15, -0.1) is 0 Å². The van der Waals surface area contributed by atoms with Gasteiger partial charge in [0.15, 0.2) is 5.76 Å². The molecule has 1 fully saturated rings. The Bertz CT molecular complexity index is 675. The average Bonchev–Trinajstić information content (AvgIpc) is 3.03. The van der Waals surface area contributed by atoms with E-state index in [0.717, 1.165) is 24.8 Å². The van der Waals surface area contributed by atoms with Crippen LogP contribution < -0.4 is 5.32 Å². The van der Waals surface area contributed by atoms with E-state index in [1.54, 1.807) is 12.1 Å². The number of carbonyl (C=O) groups is 1. The molecular formula is C17H19ClN2O3. The quantitative estimate of drug-likeness (QED) is 0.928. The van der Waals surface area contributed by atoms with Crippen LogP contribution in [0.4, 0.5) is 0 Å². The van der Waals surface area contributed by atoms with Crippen LogP contribution in [0, 0.1) is 0 Å². The van der Waals surface area contributed by atoms with E-state index in [2.05, 4.69) is 10.5 Å². The van der Waals surface area contributed by atoms with Crippen molar-refractivity contribution in [2.75, 3.05) is 6.61 Å². The van der Waals surface area contributed by atoms with Crippen LogP contribution >= 0.6 is 11.6 Å². The summed E-state index contributed by atoms with van der Waals surface area (Å²) < 4.78 is 11.0. The highest BCUT2D eigenvalue weighted by Gasteiger charge is 2.35. The van der Waals surface area contributed by atoms with Crippen LogP contribution in [0.15, 0.2) is 34.9 Å². The fourth-order valence-corrected chi connectivity index (χ4v) is 2.74. The van der Waals surface area contributed by atoms with Crippen LogP contribution in [0.3, 0.4) is 0 Å². The zero-order chi connectivity index (χ0) is 16.3. The van der Waals surface area contributed by atoms with Crippen LogP contribution in [-0.2, 0) is 16.1 Å². The maximum absolute atomic E-state index is 12.3. The first-order valence-corrected chi connectivity index (χ1v) is 8.08. The number of aromatic nitrogens is 1. The summed E-state index contributed by atoms with van der Waals surface area (Å²) in [5, 5.41) is 7.53. The molecule has 3 rings (SSSR count). The summed E-state index contributed by atoms with van der Waals surface area (Å²) in [6.45, 7) is 2.78. The number of hydrogen-bond acceptors (Lipinski definition) is 4. The molecule has 23 heavy (non-hydrogen) atoms. The maximum atomic E-state index is 12.3. The van der Waals surface area contributed by atoms with E-state index < -0.39 is 5.60 Å². The Hall–Kier alpha value is -1.85. The van der Waals surface area contributed by atoms with E-state index in [1.165, 1.54) is 0 Å². The van der Waals surface area contributed by atoms with Crippen LogP contribution in [0.2, 0.25) is 5.02 Å². The lowest BCUT2D eigenvalue weighted by molar-refractivity contribution is -0.150. The molecule has 1 amide bonds. The van der Waals surface area contributed by atoms with Crippen molar-refractivity contribution in [2.24, 2.45) is 0 Å². The Balaban J connectivity index is 1.61. The SMILES string of the molecule is CC1(C(=O)NCc2cc(-c3ccc(Cl)cc3)on2)CCCCO1. The summed E-state index contributed by atoms with van der Waals surface area (Å²) in [5.41, 5.74) is 0.825. The fourth-order valence-electron chi connectivity index (χ4n) is 2.62. The minimum Gasteiger partial charge on any atom is -0.365 e. The first kappa shape index (κ1) is 16.0. The fraction of sp³-hybridized carbons (Fsp3) is 0.412. The highest BCUT2D eigenvalue weighted by molar-refractivity contribution is 6.30. The maximum Gasteiger partial charge on any atom is 0.252 e. The molecule has 1 aromatic heterocycles. The second-order valence-corrected chi connectivity index (χ2v) is 6.34. The lowest BCUT2D eigenvalue weighted by atomic mass is 9.95. The molecule has 0 spiro atoms. The number of benzene rings is 1. The van der Waals surface area contributed by atoms with Crippen molar-refractivity contribution in [3.63, 3.8) is 0 Å². The summed E-state index contributed by atoms with van der Waals surface area (Å²) in [6, 6.07) is 9.13. The zero-order valence-corrected chi connectivity index (χ0v) is 13.7. The molecular weight excluding hydrogens is 316 g/mol. The molecule has 1 aromatic carbocycles. The van der Waals surface area contributed by atoms with Crippen molar-refractivity contribution in [1.82, 2.24) is 10.5 Å². The van der Waals surface area contributed by atoms with Gasteiger partial charge in [0.05, 0.1) is 6.54 Å². The molecule has 0 saturated carbocycles. The topological polar surface area (TPSA) is 64.4 Å². The Labute approximate surface area is 139 Å². The van der Waals surface area contributed by atoms with Gasteiger partial charge in [-0.05, 0) is 50.5 Å². The lowest BCUT2D eigenvalue weighted by Crippen LogP contribution is -2.48. The third kappa shape index (κ3) is 3.74. The molecule has 2 heterocycles. The summed E-state index contributed by atoms with van der Waals surface area (Å²) in [6.07, 6.45) is 2.76. The van der Waals surface area contributed by atoms with Gasteiger partial charge < -0.3 is 14.6 Å². The van der Waals surface area contributed by atoms with E-state index in [9.17, 15) is 4.79 Å². The number of amides is 1. The van der Waals surface area contributed by atoms with Gasteiger partial charge in [-0.25, -0.2) is 0 Å². The van der Waals surface area contributed by atoms with E-state index >= 15 is 0 Å². The van der Waals surface area contributed by atoms with Crippen molar-refractivity contribution >= 4 is 17.5 Å². The summed E-state index contributed by atoms with van der Waals surface area (Å²) in [5.74, 6) is 0.541. The monoisotopic (exact) mass is 334 g/mol. The normalized spacial score (nSPS) is 21.1. The van der Waals surface area contributed by atoms with Crippen molar-refractivity contribution in [2.45, 2.75) is 38.3 Å². The van der Waals surface area contributed by atoms with Gasteiger partial charge in [0.1, 0.15) is 11.3 Å². The number of carbonyl (C=O) groups excluding carboxylic acids is 1. The van der Waals surface area contributed by atoms with Gasteiger partial charge in [-0.3, -0.25) is 4.79 Å². The van der Waals surface area contributed by atoms with Gasteiger partial charge in [0.25, 0.3) is 5.91 Å². The van der Waals surface area contributed by atoms with E-state index in [4.69, 9.17) is 20.9 Å². The molecule has 1 saturated heterocycles. The standard InChI is InChI=1S/C17H19ClN2O3/c1-17(8-2-3-9-22-17)16(21)19-11-14-10-15(23-20-14)12-4-6-13(18)7-5-12/h4-7,10H,2-3,8-9,11H2,1H3,(H,19,21). The minimum absolute atomic E-state index is 0.103. The molecule has 2 aromatic rings. The summed E-state index contributed by atoms with van der Waals surface area (Å²) in [7, 11) is 0. The lowest BCUT2D eigenvalue weighted by Gasteiger charge is -2.32. The molecule has 122 valence electrons. The number of halogens is 1. The smallest absolute Gasteiger partial charge is 0.252 e. The third-order valence-corrected chi connectivity index (χ3v) is 4.32. The molecule has 0 aliphatic carbocycles. The predicted octanol–water partition coefficient (Wildman–Crippen LogP) is 3.57. The molecule has 5 nitrogen and oxygen atoms in total. The van der Waals surface area contributed by atoms with Crippen molar-refractivity contribution in [1.29, 1.82) is 0 Å². The highest BCUT2D eigenvalue weighted by atomic mass is 35.5. The van der Waals surface area contributed by atoms with Gasteiger partial charge in [0, 0.05) is 23.3 Å². The average molecular weight is 335 g/mol. The number of nitrogens with zero attached hydrogens (tertiary/aromatic N) is 1. The van der Waals surface area contributed by atoms with Gasteiger partial charge in [-0.2, -0.15) is 0 Å². The van der Waals surface area contributed by atoms with Gasteiger partial charge in [0.2, 0.25) is 0 Å². The largest absolute Gasteiger partial charge is 0.365 e. The van der Waals surface area contributed by atoms with Crippen LogP contribution in [0.25, 0.3) is 11.3 Å². The first-order valence-electron chi connectivity index (χ1n) is 7.71. The molecule has 1 unspecified atom stereocenters. The second-order valence-electron chi connectivity index (χ2n) is 5.91. The van der Waals surface area contributed by atoms with Gasteiger partial charge >= 0.3 is 0 Å². The Morgan fingerprint density at radius 3 is 2.83 bits per heavy atom. The van der Waals surface area contributed by atoms with E-state index in [1.807, 2.05) is 25.1 Å². The highest BCUT2D eigenvalue weighted by Crippen LogP contribution is 2.25. The van der Waals surface area contributed by atoms with Crippen LogP contribution in [0.5, 0.6) is 0 Å². The number of nitrogens with one attached hydrogen (secondary N) is 1. The minimum atomic E-state index is -0.735. The molecule has 1 N–H and O–H groups in total. The Morgan fingerprint density at radius 2 is 2.13 bits per heavy atom. The van der Waals surface area contributed by atoms with Gasteiger partial charge in [-0.1, -0.05) is 16.8 Å². The number of hydrogen-bond donors (Lipinski definition) is 1. The second kappa shape index (κ2) is 6.72. The predicted molar refractivity (Wildman–Crippen MR) is 87.0 cm³/mol. The first-order chi connectivity index (χ1) is 11.1. The number of ether oxygens (including phenoxy) is 1. The molecule has 0 bridgehead atoms. The molecule has 1 atom stereocenters. The number of rotatable bonds is 4. The van der Waals surface area contributed by atoms with E-state index in [0.29, 0.717) is 29.6 Å². The Kier molecular flexibility index (Phi) is 4.68. The summed E-state index contributed by atoms with van der Waals surface area (Å²) >= 11 is 5.87. The molecule has 6 heteroatoms. The van der Waals surface area contributed by atoms with Crippen molar-refractivity contribution in [3.05, 3.63) is 41.0 Å². The third-order valence-electron chi connectivity index (χ3n) is 4.07. The van der Waals surface area contributed by atoms with Crippen molar-refractivity contribution < 1.29 is 14.1 Å². The van der Waals surface area contributed by atoms with E-state index in [-0.39, 0.29) is 5.91 Å². The molecule has 1 aliphatic rings. The summed E-state index contributed by atoms with van der Waals surface area (Å²) in [4.78, 5) is 12.3. The van der Waals surface area contributed by atoms with Crippen LogP contribution in [0.1, 0.15) is 31.9 Å². The Morgan fingerprint density at radius 1 is 1.35 bits per heavy atom. The molecule has 1 aliphatic heterocycles. The van der Waals surface area contributed by atoms with Crippen molar-refractivity contribution in [3.8, 4) is 11.3 Å².